The second-order valence-corrected chi connectivity index (χ2v) is 4.31. The molecule has 0 saturated carbocycles. The molecule has 0 spiro atoms. The van der Waals surface area contributed by atoms with Gasteiger partial charge in [-0.15, -0.1) is 0 Å². The number of rotatable bonds is 5. The first kappa shape index (κ1) is 12.2. The topological polar surface area (TPSA) is 25.2 Å². The van der Waals surface area contributed by atoms with Crippen molar-refractivity contribution in [2.75, 3.05) is 6.54 Å². The van der Waals surface area contributed by atoms with E-state index in [9.17, 15) is 0 Å². The summed E-state index contributed by atoms with van der Waals surface area (Å²) in [4.78, 5) is 0. The maximum absolute atomic E-state index is 5.94. The molecule has 0 fully saturated rings. The molecule has 0 aliphatic rings. The highest BCUT2D eigenvalue weighted by molar-refractivity contribution is 5.82. The lowest BCUT2D eigenvalue weighted by Gasteiger charge is -2.16. The SMILES string of the molecule is CCNC(CC)c1c(CC)oc2ccccc12. The Hall–Kier alpha value is -1.28. The molecule has 92 valence electrons. The van der Waals surface area contributed by atoms with Crippen molar-refractivity contribution in [2.45, 2.75) is 39.7 Å². The summed E-state index contributed by atoms with van der Waals surface area (Å²) in [7, 11) is 0. The van der Waals surface area contributed by atoms with E-state index in [1.807, 2.05) is 6.07 Å². The van der Waals surface area contributed by atoms with E-state index in [0.29, 0.717) is 6.04 Å². The molecule has 0 bridgehead atoms. The largest absolute Gasteiger partial charge is 0.461 e. The first-order chi connectivity index (χ1) is 8.31. The van der Waals surface area contributed by atoms with Crippen molar-refractivity contribution >= 4 is 11.0 Å². The molecule has 0 aliphatic carbocycles. The van der Waals surface area contributed by atoms with E-state index in [4.69, 9.17) is 4.42 Å². The highest BCUT2D eigenvalue weighted by Gasteiger charge is 2.19. The first-order valence-electron chi connectivity index (χ1n) is 6.55. The molecule has 0 aliphatic heterocycles. The average Bonchev–Trinajstić information content (AvgIpc) is 2.74. The fourth-order valence-corrected chi connectivity index (χ4v) is 2.46. The van der Waals surface area contributed by atoms with E-state index in [2.05, 4.69) is 44.3 Å². The molecule has 2 nitrogen and oxygen atoms in total. The summed E-state index contributed by atoms with van der Waals surface area (Å²) in [5.74, 6) is 1.12. The molecule has 2 rings (SSSR count). The molecule has 17 heavy (non-hydrogen) atoms. The fraction of sp³-hybridized carbons (Fsp3) is 0.467. The molecule has 0 amide bonds. The maximum atomic E-state index is 5.94. The van der Waals surface area contributed by atoms with Crippen LogP contribution in [0.15, 0.2) is 28.7 Å². The minimum Gasteiger partial charge on any atom is -0.461 e. The van der Waals surface area contributed by atoms with Crippen molar-refractivity contribution in [1.82, 2.24) is 5.32 Å². The summed E-state index contributed by atoms with van der Waals surface area (Å²) in [5, 5.41) is 4.80. The first-order valence-corrected chi connectivity index (χ1v) is 6.55. The summed E-state index contributed by atoms with van der Waals surface area (Å²) in [6.07, 6.45) is 2.04. The van der Waals surface area contributed by atoms with Gasteiger partial charge in [-0.25, -0.2) is 0 Å². The number of fused-ring (bicyclic) bond motifs is 1. The predicted molar refractivity (Wildman–Crippen MR) is 72.3 cm³/mol. The number of benzene rings is 1. The van der Waals surface area contributed by atoms with Crippen LogP contribution in [-0.4, -0.2) is 6.54 Å². The van der Waals surface area contributed by atoms with E-state index in [1.54, 1.807) is 0 Å². The van der Waals surface area contributed by atoms with Gasteiger partial charge in [0.2, 0.25) is 0 Å². The van der Waals surface area contributed by atoms with Crippen molar-refractivity contribution in [3.05, 3.63) is 35.6 Å². The van der Waals surface area contributed by atoms with Crippen LogP contribution in [0, 0.1) is 0 Å². The number of hydrogen-bond donors (Lipinski definition) is 1. The van der Waals surface area contributed by atoms with Gasteiger partial charge in [0.25, 0.3) is 0 Å². The summed E-state index contributed by atoms with van der Waals surface area (Å²) in [6, 6.07) is 8.73. The highest BCUT2D eigenvalue weighted by Crippen LogP contribution is 2.32. The normalized spacial score (nSPS) is 13.1. The maximum Gasteiger partial charge on any atom is 0.134 e. The van der Waals surface area contributed by atoms with Gasteiger partial charge in [-0.2, -0.15) is 0 Å². The van der Waals surface area contributed by atoms with Crippen molar-refractivity contribution in [2.24, 2.45) is 0 Å². The summed E-state index contributed by atoms with van der Waals surface area (Å²) < 4.78 is 5.94. The highest BCUT2D eigenvalue weighted by atomic mass is 16.3. The van der Waals surface area contributed by atoms with Crippen LogP contribution in [0.4, 0.5) is 0 Å². The van der Waals surface area contributed by atoms with Crippen LogP contribution in [0.25, 0.3) is 11.0 Å². The number of aryl methyl sites for hydroxylation is 1. The zero-order valence-electron chi connectivity index (χ0n) is 10.9. The Kier molecular flexibility index (Phi) is 3.85. The third kappa shape index (κ3) is 2.22. The molecule has 1 N–H and O–H groups in total. The fourth-order valence-electron chi connectivity index (χ4n) is 2.46. The van der Waals surface area contributed by atoms with Crippen LogP contribution in [0.2, 0.25) is 0 Å². The van der Waals surface area contributed by atoms with Crippen molar-refractivity contribution < 1.29 is 4.42 Å². The number of hydrogen-bond acceptors (Lipinski definition) is 2. The van der Waals surface area contributed by atoms with Crippen LogP contribution < -0.4 is 5.32 Å². The Morgan fingerprint density at radius 2 is 1.94 bits per heavy atom. The molecular formula is C15H21NO. The van der Waals surface area contributed by atoms with Gasteiger partial charge in [0.1, 0.15) is 11.3 Å². The van der Waals surface area contributed by atoms with Crippen LogP contribution in [0.5, 0.6) is 0 Å². The smallest absolute Gasteiger partial charge is 0.134 e. The molecule has 0 radical (unpaired) electrons. The molecule has 2 aromatic rings. The van der Waals surface area contributed by atoms with Crippen LogP contribution >= 0.6 is 0 Å². The van der Waals surface area contributed by atoms with E-state index >= 15 is 0 Å². The quantitative estimate of drug-likeness (QED) is 0.839. The van der Waals surface area contributed by atoms with E-state index in [-0.39, 0.29) is 0 Å². The minimum absolute atomic E-state index is 0.401. The lowest BCUT2D eigenvalue weighted by molar-refractivity contribution is 0.500. The van der Waals surface area contributed by atoms with Crippen LogP contribution in [-0.2, 0) is 6.42 Å². The second kappa shape index (κ2) is 5.37. The molecule has 1 atom stereocenters. The number of nitrogens with one attached hydrogen (secondary N) is 1. The van der Waals surface area contributed by atoms with Crippen LogP contribution in [0.1, 0.15) is 44.6 Å². The van der Waals surface area contributed by atoms with Gasteiger partial charge in [-0.05, 0) is 19.0 Å². The third-order valence-electron chi connectivity index (χ3n) is 3.24. The average molecular weight is 231 g/mol. The zero-order chi connectivity index (χ0) is 12.3. The molecule has 1 aromatic heterocycles. The zero-order valence-corrected chi connectivity index (χ0v) is 10.9. The summed E-state index contributed by atoms with van der Waals surface area (Å²) in [6.45, 7) is 7.51. The number of para-hydroxylation sites is 1. The van der Waals surface area contributed by atoms with Gasteiger partial charge >= 0.3 is 0 Å². The Bertz CT molecular complexity index is 487. The van der Waals surface area contributed by atoms with Crippen molar-refractivity contribution in [3.8, 4) is 0 Å². The minimum atomic E-state index is 0.401. The Morgan fingerprint density at radius 3 is 2.59 bits per heavy atom. The molecule has 1 heterocycles. The van der Waals surface area contributed by atoms with Gasteiger partial charge in [-0.3, -0.25) is 0 Å². The van der Waals surface area contributed by atoms with Crippen molar-refractivity contribution in [1.29, 1.82) is 0 Å². The van der Waals surface area contributed by atoms with Gasteiger partial charge in [0, 0.05) is 23.4 Å². The van der Waals surface area contributed by atoms with Gasteiger partial charge in [-0.1, -0.05) is 39.0 Å². The van der Waals surface area contributed by atoms with Gasteiger partial charge in [0.15, 0.2) is 0 Å². The monoisotopic (exact) mass is 231 g/mol. The van der Waals surface area contributed by atoms with Crippen LogP contribution in [0.3, 0.4) is 0 Å². The van der Waals surface area contributed by atoms with Gasteiger partial charge in [0.05, 0.1) is 0 Å². The van der Waals surface area contributed by atoms with E-state index in [1.165, 1.54) is 10.9 Å². The summed E-state index contributed by atoms with van der Waals surface area (Å²) in [5.41, 5.74) is 2.36. The van der Waals surface area contributed by atoms with Crippen molar-refractivity contribution in [3.63, 3.8) is 0 Å². The number of furan rings is 1. The predicted octanol–water partition coefficient (Wildman–Crippen LogP) is 4.06. The molecule has 0 saturated heterocycles. The lowest BCUT2D eigenvalue weighted by Crippen LogP contribution is -2.20. The standard InChI is InChI=1S/C15H21NO/c1-4-12(16-6-3)15-11-9-7-8-10-14(11)17-13(15)5-2/h7-10,12,16H,4-6H2,1-3H3. The molecular weight excluding hydrogens is 210 g/mol. The molecule has 2 heteroatoms. The third-order valence-corrected chi connectivity index (χ3v) is 3.24. The second-order valence-electron chi connectivity index (χ2n) is 4.31. The molecule has 1 unspecified atom stereocenters. The lowest BCUT2D eigenvalue weighted by atomic mass is 9.99. The van der Waals surface area contributed by atoms with E-state index in [0.717, 1.165) is 30.7 Å². The molecule has 1 aromatic carbocycles. The Morgan fingerprint density at radius 1 is 1.18 bits per heavy atom. The van der Waals surface area contributed by atoms with Gasteiger partial charge < -0.3 is 9.73 Å². The Labute approximate surface area is 103 Å². The summed E-state index contributed by atoms with van der Waals surface area (Å²) >= 11 is 0. The Balaban J connectivity index is 2.55. The van der Waals surface area contributed by atoms with E-state index < -0.39 is 0 Å².